The van der Waals surface area contributed by atoms with Gasteiger partial charge in [-0.15, -0.1) is 0 Å². The Morgan fingerprint density at radius 1 is 1.19 bits per heavy atom. The van der Waals surface area contributed by atoms with Gasteiger partial charge in [-0.1, -0.05) is 12.1 Å². The molecule has 1 aliphatic rings. The van der Waals surface area contributed by atoms with E-state index in [1.807, 2.05) is 51.4 Å². The number of fused-ring (bicyclic) bond motifs is 1. The molecule has 1 fully saturated rings. The van der Waals surface area contributed by atoms with Crippen LogP contribution in [0.3, 0.4) is 0 Å². The maximum Gasteiger partial charge on any atom is 0.319 e. The molecule has 1 atom stereocenters. The predicted molar refractivity (Wildman–Crippen MR) is 158 cm³/mol. The van der Waals surface area contributed by atoms with Crippen LogP contribution in [-0.4, -0.2) is 78.4 Å². The van der Waals surface area contributed by atoms with Crippen LogP contribution >= 0.6 is 0 Å². The topological polar surface area (TPSA) is 148 Å². The number of para-hydroxylation sites is 1. The molecule has 13 nitrogen and oxygen atoms in total. The molecule has 1 amide bonds. The highest BCUT2D eigenvalue weighted by Gasteiger charge is 2.26. The van der Waals surface area contributed by atoms with Gasteiger partial charge in [-0.2, -0.15) is 10.1 Å². The number of anilines is 3. The average molecular weight is 569 g/mol. The third-order valence-corrected chi connectivity index (χ3v) is 7.24. The van der Waals surface area contributed by atoms with Gasteiger partial charge in [-0.25, -0.2) is 15.0 Å². The minimum Gasteiger partial charge on any atom is -0.473 e. The minimum atomic E-state index is -0.0987. The molecule has 3 N–H and O–H groups in total. The molecule has 1 aromatic carbocycles. The van der Waals surface area contributed by atoms with E-state index >= 15 is 0 Å². The molecule has 0 spiro atoms. The fraction of sp³-hybridized carbons (Fsp3) is 0.310. The number of hydrogen-bond donors (Lipinski definition) is 3. The number of nitrogens with one attached hydrogen (secondary N) is 3. The zero-order chi connectivity index (χ0) is 29.2. The van der Waals surface area contributed by atoms with Crippen LogP contribution in [0.2, 0.25) is 0 Å². The first-order valence-corrected chi connectivity index (χ1v) is 13.6. The van der Waals surface area contributed by atoms with Crippen LogP contribution in [0.25, 0.3) is 22.2 Å². The standard InChI is InChI=1S/C29H32N10O3/c1-17-13-32-28(34-23-12-18(2)38(3)37-23)36-26(17)21-14-31-27-20(21)6-5-7-22(27)33-24(40)16-39-11-9-19(15-39)42-25-8-10-30-29(35-25)41-4/h5-8,10,12-14,19,31H,9,11,15-16H2,1-4H3,(H,33,40)(H,32,34,36,37)/t19-/m0/s1. The summed E-state index contributed by atoms with van der Waals surface area (Å²) in [5.41, 5.74) is 5.20. The molecule has 42 heavy (non-hydrogen) atoms. The van der Waals surface area contributed by atoms with Gasteiger partial charge in [0.25, 0.3) is 0 Å². The zero-order valence-electron chi connectivity index (χ0n) is 23.9. The molecule has 216 valence electrons. The van der Waals surface area contributed by atoms with Crippen molar-refractivity contribution < 1.29 is 14.3 Å². The second-order valence-corrected chi connectivity index (χ2v) is 10.3. The van der Waals surface area contributed by atoms with E-state index in [-0.39, 0.29) is 24.6 Å². The van der Waals surface area contributed by atoms with E-state index in [9.17, 15) is 4.79 Å². The quantitative estimate of drug-likeness (QED) is 0.241. The third kappa shape index (κ3) is 5.72. The number of nitrogens with zero attached hydrogens (tertiary/aromatic N) is 7. The van der Waals surface area contributed by atoms with Gasteiger partial charge < -0.3 is 25.1 Å². The first-order valence-electron chi connectivity index (χ1n) is 13.6. The van der Waals surface area contributed by atoms with E-state index in [1.54, 1.807) is 23.1 Å². The first-order chi connectivity index (χ1) is 20.4. The molecule has 1 saturated heterocycles. The second kappa shape index (κ2) is 11.4. The highest BCUT2D eigenvalue weighted by atomic mass is 16.5. The number of carbonyl (C=O) groups excluding carboxylic acids is 1. The number of H-pyrrole nitrogens is 1. The summed E-state index contributed by atoms with van der Waals surface area (Å²) in [6.07, 6.45) is 6.03. The molecule has 5 heterocycles. The molecule has 0 bridgehead atoms. The van der Waals surface area contributed by atoms with Crippen LogP contribution in [0.1, 0.15) is 17.7 Å². The number of benzene rings is 1. The maximum atomic E-state index is 13.1. The fourth-order valence-electron chi connectivity index (χ4n) is 5.06. The molecule has 0 aliphatic carbocycles. The molecule has 0 radical (unpaired) electrons. The van der Waals surface area contributed by atoms with Gasteiger partial charge in [0.2, 0.25) is 17.7 Å². The summed E-state index contributed by atoms with van der Waals surface area (Å²) in [5.74, 6) is 1.50. The highest BCUT2D eigenvalue weighted by molar-refractivity contribution is 6.06. The van der Waals surface area contributed by atoms with Crippen molar-refractivity contribution in [1.82, 2.24) is 39.6 Å². The summed E-state index contributed by atoms with van der Waals surface area (Å²) < 4.78 is 12.8. The molecule has 1 aliphatic heterocycles. The zero-order valence-corrected chi connectivity index (χ0v) is 23.9. The molecule has 5 aromatic rings. The van der Waals surface area contributed by atoms with Crippen LogP contribution in [0.4, 0.5) is 17.5 Å². The van der Waals surface area contributed by atoms with E-state index in [0.717, 1.165) is 46.4 Å². The summed E-state index contributed by atoms with van der Waals surface area (Å²) in [6, 6.07) is 9.73. The van der Waals surface area contributed by atoms with E-state index < -0.39 is 0 Å². The van der Waals surface area contributed by atoms with Crippen LogP contribution in [0.15, 0.2) is 48.9 Å². The number of methoxy groups -OCH3 is 1. The van der Waals surface area contributed by atoms with E-state index in [2.05, 4.69) is 40.6 Å². The van der Waals surface area contributed by atoms with Crippen LogP contribution in [0.5, 0.6) is 11.9 Å². The number of carbonyl (C=O) groups is 1. The number of amides is 1. The van der Waals surface area contributed by atoms with Gasteiger partial charge in [0.15, 0.2) is 5.82 Å². The molecule has 13 heteroatoms. The number of hydrogen-bond acceptors (Lipinski definition) is 10. The van der Waals surface area contributed by atoms with Crippen molar-refractivity contribution in [2.45, 2.75) is 26.4 Å². The summed E-state index contributed by atoms with van der Waals surface area (Å²) in [5, 5.41) is 11.6. The Hall–Kier alpha value is -5.04. The smallest absolute Gasteiger partial charge is 0.319 e. The van der Waals surface area contributed by atoms with E-state index in [0.29, 0.717) is 29.9 Å². The van der Waals surface area contributed by atoms with Gasteiger partial charge in [-0.3, -0.25) is 14.4 Å². The van der Waals surface area contributed by atoms with Crippen molar-refractivity contribution in [1.29, 1.82) is 0 Å². The lowest BCUT2D eigenvalue weighted by Gasteiger charge is -2.16. The van der Waals surface area contributed by atoms with E-state index in [4.69, 9.17) is 14.5 Å². The summed E-state index contributed by atoms with van der Waals surface area (Å²) in [7, 11) is 3.40. The number of likely N-dealkylation sites (tertiary alicyclic amines) is 1. The lowest BCUT2D eigenvalue weighted by Crippen LogP contribution is -2.33. The van der Waals surface area contributed by atoms with Gasteiger partial charge in [0.1, 0.15) is 6.10 Å². The number of ether oxygens (including phenoxy) is 2. The molecular weight excluding hydrogens is 536 g/mol. The Morgan fingerprint density at radius 2 is 2.07 bits per heavy atom. The van der Waals surface area contributed by atoms with Gasteiger partial charge >= 0.3 is 6.01 Å². The third-order valence-electron chi connectivity index (χ3n) is 7.24. The molecule has 4 aromatic heterocycles. The lowest BCUT2D eigenvalue weighted by molar-refractivity contribution is -0.117. The highest BCUT2D eigenvalue weighted by Crippen LogP contribution is 2.33. The van der Waals surface area contributed by atoms with Crippen LogP contribution < -0.4 is 20.1 Å². The summed E-state index contributed by atoms with van der Waals surface area (Å²) >= 11 is 0. The summed E-state index contributed by atoms with van der Waals surface area (Å²) in [4.78, 5) is 35.9. The Labute approximate surface area is 242 Å². The van der Waals surface area contributed by atoms with Gasteiger partial charge in [-0.05, 0) is 31.9 Å². The normalized spacial score (nSPS) is 15.2. The largest absolute Gasteiger partial charge is 0.473 e. The molecule has 0 saturated carbocycles. The van der Waals surface area contributed by atoms with Crippen molar-refractivity contribution in [3.05, 3.63) is 60.2 Å². The van der Waals surface area contributed by atoms with Crippen molar-refractivity contribution >= 4 is 34.3 Å². The lowest BCUT2D eigenvalue weighted by atomic mass is 10.1. The Morgan fingerprint density at radius 3 is 2.88 bits per heavy atom. The molecular formula is C29H32N10O3. The van der Waals surface area contributed by atoms with Crippen molar-refractivity contribution in [2.24, 2.45) is 7.05 Å². The van der Waals surface area contributed by atoms with Crippen molar-refractivity contribution in [2.75, 3.05) is 37.4 Å². The van der Waals surface area contributed by atoms with Crippen molar-refractivity contribution in [3.8, 4) is 23.1 Å². The minimum absolute atomic E-state index is 0.0658. The van der Waals surface area contributed by atoms with Crippen LogP contribution in [-0.2, 0) is 11.8 Å². The Balaban J connectivity index is 1.13. The monoisotopic (exact) mass is 568 g/mol. The number of rotatable bonds is 9. The predicted octanol–water partition coefficient (Wildman–Crippen LogP) is 3.61. The number of aryl methyl sites for hydroxylation is 3. The fourth-order valence-corrected chi connectivity index (χ4v) is 5.06. The first kappa shape index (κ1) is 27.1. The number of aromatic amines is 1. The maximum absolute atomic E-state index is 13.1. The molecule has 6 rings (SSSR count). The van der Waals surface area contributed by atoms with Crippen LogP contribution in [0, 0.1) is 13.8 Å². The Bertz CT molecular complexity index is 1730. The van der Waals surface area contributed by atoms with Gasteiger partial charge in [0.05, 0.1) is 30.6 Å². The average Bonchev–Trinajstić information content (AvgIpc) is 3.69. The number of aromatic nitrogens is 7. The SMILES string of the molecule is COc1nccc(O[C@H]2CCN(CC(=O)Nc3cccc4c(-c5nc(Nc6cc(C)n(C)n6)ncc5C)c[nH]c34)C2)n1. The van der Waals surface area contributed by atoms with Gasteiger partial charge in [0, 0.05) is 67.5 Å². The van der Waals surface area contributed by atoms with Crippen molar-refractivity contribution in [3.63, 3.8) is 0 Å². The molecule has 0 unspecified atom stereocenters. The Kier molecular flexibility index (Phi) is 7.40. The second-order valence-electron chi connectivity index (χ2n) is 10.3. The van der Waals surface area contributed by atoms with E-state index in [1.165, 1.54) is 7.11 Å². The summed E-state index contributed by atoms with van der Waals surface area (Å²) in [6.45, 7) is 5.58.